The van der Waals surface area contributed by atoms with E-state index in [1.165, 1.54) is 89.9 Å². The Morgan fingerprint density at radius 1 is 0.783 bits per heavy atom. The molecular formula is C20H43N3. The number of rotatable bonds is 14. The lowest BCUT2D eigenvalue weighted by atomic mass is 9.84. The second kappa shape index (κ2) is 13.2. The lowest BCUT2D eigenvalue weighted by Crippen LogP contribution is -2.63. The highest BCUT2D eigenvalue weighted by Crippen LogP contribution is 2.28. The topological polar surface area (TPSA) is 41.3 Å². The summed E-state index contributed by atoms with van der Waals surface area (Å²) in [6.07, 6.45) is 19.1. The Bertz CT molecular complexity index is 252. The van der Waals surface area contributed by atoms with Crippen molar-refractivity contribution in [2.75, 3.05) is 19.6 Å². The summed E-state index contributed by atoms with van der Waals surface area (Å²) < 4.78 is 0. The maximum Gasteiger partial charge on any atom is 0.0476 e. The summed E-state index contributed by atoms with van der Waals surface area (Å²) in [6.45, 7) is 7.72. The number of nitrogens with two attached hydrogens (primary N) is 1. The van der Waals surface area contributed by atoms with Gasteiger partial charge in [-0.1, -0.05) is 90.9 Å². The summed E-state index contributed by atoms with van der Waals surface area (Å²) in [5.74, 6) is 6.43. The zero-order valence-electron chi connectivity index (χ0n) is 16.0. The first kappa shape index (κ1) is 20.9. The number of piperazine rings is 1. The number of hydrogen-bond acceptors (Lipinski definition) is 3. The maximum absolute atomic E-state index is 6.43. The van der Waals surface area contributed by atoms with Crippen LogP contribution in [0.2, 0.25) is 0 Å². The molecule has 0 radical (unpaired) electrons. The Kier molecular flexibility index (Phi) is 12.0. The molecule has 0 saturated carbocycles. The molecule has 1 aliphatic rings. The molecule has 1 fully saturated rings. The van der Waals surface area contributed by atoms with Crippen molar-refractivity contribution in [3.8, 4) is 0 Å². The van der Waals surface area contributed by atoms with E-state index in [2.05, 4.69) is 24.2 Å². The summed E-state index contributed by atoms with van der Waals surface area (Å²) >= 11 is 0. The van der Waals surface area contributed by atoms with Crippen LogP contribution in [0.5, 0.6) is 0 Å². The molecule has 0 aromatic carbocycles. The van der Waals surface area contributed by atoms with Gasteiger partial charge in [-0.05, 0) is 12.8 Å². The Morgan fingerprint density at radius 3 is 1.74 bits per heavy atom. The summed E-state index contributed by atoms with van der Waals surface area (Å²) in [5, 5.41) is 5.79. The molecule has 1 rings (SSSR count). The van der Waals surface area contributed by atoms with Gasteiger partial charge in [0, 0.05) is 25.2 Å². The molecule has 0 unspecified atom stereocenters. The molecule has 0 aromatic heterocycles. The van der Waals surface area contributed by atoms with Crippen LogP contribution in [-0.2, 0) is 0 Å². The van der Waals surface area contributed by atoms with Crippen LogP contribution in [0.15, 0.2) is 0 Å². The zero-order chi connectivity index (χ0) is 16.8. The third-order valence-corrected chi connectivity index (χ3v) is 5.58. The molecule has 3 nitrogen and oxygen atoms in total. The number of hydrogen-bond donors (Lipinski definition) is 2. The second-order valence-corrected chi connectivity index (χ2v) is 7.63. The van der Waals surface area contributed by atoms with E-state index in [1.54, 1.807) is 0 Å². The summed E-state index contributed by atoms with van der Waals surface area (Å²) in [4.78, 5) is 0. The zero-order valence-corrected chi connectivity index (χ0v) is 16.0. The second-order valence-electron chi connectivity index (χ2n) is 7.63. The normalized spacial score (nSPS) is 18.4. The van der Waals surface area contributed by atoms with Crippen LogP contribution in [0.3, 0.4) is 0 Å². The maximum atomic E-state index is 6.43. The van der Waals surface area contributed by atoms with E-state index >= 15 is 0 Å². The van der Waals surface area contributed by atoms with E-state index in [9.17, 15) is 0 Å². The molecule has 23 heavy (non-hydrogen) atoms. The fourth-order valence-corrected chi connectivity index (χ4v) is 3.92. The van der Waals surface area contributed by atoms with E-state index in [1.807, 2.05) is 0 Å². The van der Waals surface area contributed by atoms with Gasteiger partial charge in [0.05, 0.1) is 0 Å². The van der Waals surface area contributed by atoms with Crippen LogP contribution >= 0.6 is 0 Å². The molecule has 0 atom stereocenters. The minimum absolute atomic E-state index is 0.230. The van der Waals surface area contributed by atoms with Crippen LogP contribution in [0.4, 0.5) is 0 Å². The minimum Gasteiger partial charge on any atom is -0.314 e. The van der Waals surface area contributed by atoms with Crippen LogP contribution in [0, 0.1) is 0 Å². The van der Waals surface area contributed by atoms with Gasteiger partial charge in [-0.2, -0.15) is 0 Å². The molecular weight excluding hydrogens is 282 g/mol. The van der Waals surface area contributed by atoms with E-state index in [-0.39, 0.29) is 5.54 Å². The fourth-order valence-electron chi connectivity index (χ4n) is 3.92. The van der Waals surface area contributed by atoms with E-state index in [4.69, 9.17) is 5.84 Å². The van der Waals surface area contributed by atoms with Gasteiger partial charge in [0.15, 0.2) is 0 Å². The van der Waals surface area contributed by atoms with Gasteiger partial charge in [-0.3, -0.25) is 5.84 Å². The predicted molar refractivity (Wildman–Crippen MR) is 102 cm³/mol. The van der Waals surface area contributed by atoms with Crippen LogP contribution < -0.4 is 11.2 Å². The number of nitrogens with one attached hydrogen (secondary N) is 1. The Hall–Kier alpha value is -0.120. The van der Waals surface area contributed by atoms with E-state index in [0.717, 1.165) is 19.6 Å². The van der Waals surface area contributed by atoms with Crippen LogP contribution in [0.1, 0.15) is 104 Å². The predicted octanol–water partition coefficient (Wildman–Crippen LogP) is 5.01. The van der Waals surface area contributed by atoms with Gasteiger partial charge in [0.2, 0.25) is 0 Å². The first-order valence-electron chi connectivity index (χ1n) is 10.5. The van der Waals surface area contributed by atoms with Crippen molar-refractivity contribution in [2.24, 2.45) is 5.84 Å². The number of nitrogens with zero attached hydrogens (tertiary/aromatic N) is 1. The molecule has 3 N–H and O–H groups in total. The number of unbranched alkanes of at least 4 members (excludes halogenated alkanes) is 10. The average Bonchev–Trinajstić information content (AvgIpc) is 2.56. The lowest BCUT2D eigenvalue weighted by Gasteiger charge is -2.45. The van der Waals surface area contributed by atoms with Crippen molar-refractivity contribution in [2.45, 2.75) is 109 Å². The van der Waals surface area contributed by atoms with Crippen LogP contribution in [0.25, 0.3) is 0 Å². The van der Waals surface area contributed by atoms with Gasteiger partial charge >= 0.3 is 0 Å². The van der Waals surface area contributed by atoms with Crippen molar-refractivity contribution in [3.63, 3.8) is 0 Å². The molecule has 0 amide bonds. The van der Waals surface area contributed by atoms with E-state index < -0.39 is 0 Å². The Balaban J connectivity index is 2.29. The third-order valence-electron chi connectivity index (χ3n) is 5.58. The molecule has 138 valence electrons. The molecule has 0 bridgehead atoms. The first-order valence-corrected chi connectivity index (χ1v) is 10.5. The van der Waals surface area contributed by atoms with Gasteiger partial charge < -0.3 is 5.32 Å². The van der Waals surface area contributed by atoms with Crippen molar-refractivity contribution in [1.29, 1.82) is 0 Å². The third kappa shape index (κ3) is 8.51. The smallest absolute Gasteiger partial charge is 0.0476 e. The minimum atomic E-state index is 0.230. The summed E-state index contributed by atoms with van der Waals surface area (Å²) in [7, 11) is 0. The largest absolute Gasteiger partial charge is 0.314 e. The average molecular weight is 326 g/mol. The fraction of sp³-hybridized carbons (Fsp3) is 1.00. The molecule has 0 aliphatic carbocycles. The van der Waals surface area contributed by atoms with Gasteiger partial charge in [-0.25, -0.2) is 5.01 Å². The first-order chi connectivity index (χ1) is 11.2. The van der Waals surface area contributed by atoms with Gasteiger partial charge in [0.25, 0.3) is 0 Å². The molecule has 0 aromatic rings. The van der Waals surface area contributed by atoms with E-state index in [0.29, 0.717) is 0 Å². The standard InChI is InChI=1S/C20H43N3/c1-3-5-7-9-11-13-15-20(19-22-17-18-23(20)21)16-14-12-10-8-6-4-2/h22H,3-19,21H2,1-2H3. The highest BCUT2D eigenvalue weighted by Gasteiger charge is 2.36. The highest BCUT2D eigenvalue weighted by molar-refractivity contribution is 4.93. The SMILES string of the molecule is CCCCCCCCC1(CCCCCCCC)CNCCN1N. The van der Waals surface area contributed by atoms with Gasteiger partial charge in [-0.15, -0.1) is 0 Å². The molecule has 0 spiro atoms. The lowest BCUT2D eigenvalue weighted by molar-refractivity contribution is 0.0392. The molecule has 1 heterocycles. The monoisotopic (exact) mass is 325 g/mol. The summed E-state index contributed by atoms with van der Waals surface area (Å²) in [5.41, 5.74) is 0.230. The summed E-state index contributed by atoms with van der Waals surface area (Å²) in [6, 6.07) is 0. The van der Waals surface area contributed by atoms with Crippen molar-refractivity contribution in [3.05, 3.63) is 0 Å². The Labute approximate surface area is 145 Å². The van der Waals surface area contributed by atoms with Gasteiger partial charge in [0.1, 0.15) is 0 Å². The molecule has 3 heteroatoms. The quantitative estimate of drug-likeness (QED) is 0.348. The van der Waals surface area contributed by atoms with Crippen molar-refractivity contribution < 1.29 is 0 Å². The Morgan fingerprint density at radius 2 is 1.26 bits per heavy atom. The molecule has 1 saturated heterocycles. The number of hydrazine groups is 1. The highest BCUT2D eigenvalue weighted by atomic mass is 15.5. The van der Waals surface area contributed by atoms with Crippen molar-refractivity contribution >= 4 is 0 Å². The van der Waals surface area contributed by atoms with Crippen molar-refractivity contribution in [1.82, 2.24) is 10.3 Å². The molecule has 1 aliphatic heterocycles. The van der Waals surface area contributed by atoms with Crippen LogP contribution in [-0.4, -0.2) is 30.2 Å².